The van der Waals surface area contributed by atoms with Crippen LogP contribution in [0.5, 0.6) is 0 Å². The van der Waals surface area contributed by atoms with Crippen LogP contribution in [0.2, 0.25) is 5.02 Å². The smallest absolute Gasteiger partial charge is 0.251 e. The van der Waals surface area contributed by atoms with Crippen molar-refractivity contribution in [3.8, 4) is 0 Å². The Kier molecular flexibility index (Phi) is 5.09. The number of carbonyl (C=O) groups excluding carboxylic acids is 1. The van der Waals surface area contributed by atoms with Crippen molar-refractivity contribution < 1.29 is 13.6 Å². The van der Waals surface area contributed by atoms with Crippen LogP contribution < -0.4 is 10.2 Å². The molecule has 1 fully saturated rings. The number of hydrogen-bond acceptors (Lipinski definition) is 4. The Bertz CT molecular complexity index is 1040. The molecule has 0 spiro atoms. The SMILES string of the molecule is O=C(NC1CCN(c2ncnc3cc(Cl)ccc23)CC1)c1ccc(F)c(F)c1. The Hall–Kier alpha value is -2.80. The highest BCUT2D eigenvalue weighted by Gasteiger charge is 2.23. The number of nitrogens with one attached hydrogen (secondary N) is 1. The van der Waals surface area contributed by atoms with Crippen LogP contribution in [0, 0.1) is 11.6 Å². The minimum atomic E-state index is -1.03. The molecule has 0 radical (unpaired) electrons. The first-order chi connectivity index (χ1) is 13.5. The van der Waals surface area contributed by atoms with Crippen molar-refractivity contribution in [2.75, 3.05) is 18.0 Å². The number of piperidine rings is 1. The molecule has 0 unspecified atom stereocenters. The second-order valence-corrected chi connectivity index (χ2v) is 7.16. The van der Waals surface area contributed by atoms with E-state index in [1.807, 2.05) is 12.1 Å². The molecule has 8 heteroatoms. The van der Waals surface area contributed by atoms with Crippen molar-refractivity contribution in [2.24, 2.45) is 0 Å². The van der Waals surface area contributed by atoms with Gasteiger partial charge in [0.15, 0.2) is 11.6 Å². The van der Waals surface area contributed by atoms with Crippen molar-refractivity contribution in [2.45, 2.75) is 18.9 Å². The minimum absolute atomic E-state index is 0.0422. The maximum absolute atomic E-state index is 13.3. The summed E-state index contributed by atoms with van der Waals surface area (Å²) < 4.78 is 26.4. The topological polar surface area (TPSA) is 58.1 Å². The standard InChI is InChI=1S/C20H17ClF2N4O/c21-13-2-3-15-18(10-13)24-11-25-19(15)27-7-5-14(6-8-27)26-20(28)12-1-4-16(22)17(23)9-12/h1-4,9-11,14H,5-8H2,(H,26,28). The number of anilines is 1. The van der Waals surface area contributed by atoms with E-state index in [1.165, 1.54) is 12.4 Å². The first-order valence-electron chi connectivity index (χ1n) is 8.92. The number of hydrogen-bond donors (Lipinski definition) is 1. The molecule has 3 aromatic rings. The van der Waals surface area contributed by atoms with E-state index < -0.39 is 17.5 Å². The molecule has 0 bridgehead atoms. The van der Waals surface area contributed by atoms with E-state index in [0.29, 0.717) is 31.0 Å². The first-order valence-corrected chi connectivity index (χ1v) is 9.30. The summed E-state index contributed by atoms with van der Waals surface area (Å²) in [5.41, 5.74) is 0.895. The molecule has 4 rings (SSSR count). The van der Waals surface area contributed by atoms with Gasteiger partial charge in [0.25, 0.3) is 5.91 Å². The van der Waals surface area contributed by atoms with Gasteiger partial charge in [-0.15, -0.1) is 0 Å². The molecule has 0 saturated carbocycles. The molecule has 0 atom stereocenters. The lowest BCUT2D eigenvalue weighted by atomic mass is 10.0. The average molecular weight is 403 g/mol. The van der Waals surface area contributed by atoms with E-state index >= 15 is 0 Å². The largest absolute Gasteiger partial charge is 0.356 e. The fraction of sp³-hybridized carbons (Fsp3) is 0.250. The van der Waals surface area contributed by atoms with Gasteiger partial charge >= 0.3 is 0 Å². The van der Waals surface area contributed by atoms with Crippen LogP contribution >= 0.6 is 11.6 Å². The average Bonchev–Trinajstić information content (AvgIpc) is 2.70. The second kappa shape index (κ2) is 7.67. The number of halogens is 3. The number of nitrogens with zero attached hydrogens (tertiary/aromatic N) is 3. The molecule has 144 valence electrons. The van der Waals surface area contributed by atoms with Gasteiger partial charge in [0, 0.05) is 35.1 Å². The third-order valence-electron chi connectivity index (χ3n) is 4.89. The van der Waals surface area contributed by atoms with Gasteiger partial charge in [-0.2, -0.15) is 0 Å². The van der Waals surface area contributed by atoms with Gasteiger partial charge < -0.3 is 10.2 Å². The quantitative estimate of drug-likeness (QED) is 0.720. The summed E-state index contributed by atoms with van der Waals surface area (Å²) in [6.07, 6.45) is 2.95. The van der Waals surface area contributed by atoms with Gasteiger partial charge in [-0.05, 0) is 49.2 Å². The monoisotopic (exact) mass is 402 g/mol. The van der Waals surface area contributed by atoms with Crippen LogP contribution in [-0.4, -0.2) is 35.0 Å². The summed E-state index contributed by atoms with van der Waals surface area (Å²) in [5.74, 6) is -1.56. The third-order valence-corrected chi connectivity index (χ3v) is 5.12. The lowest BCUT2D eigenvalue weighted by Crippen LogP contribution is -2.45. The highest BCUT2D eigenvalue weighted by atomic mass is 35.5. The fourth-order valence-corrected chi connectivity index (χ4v) is 3.58. The van der Waals surface area contributed by atoms with Crippen molar-refractivity contribution in [3.05, 3.63) is 64.9 Å². The Morgan fingerprint density at radius 3 is 2.61 bits per heavy atom. The number of aromatic nitrogens is 2. The summed E-state index contributed by atoms with van der Waals surface area (Å²) in [6, 6.07) is 8.63. The molecule has 1 saturated heterocycles. The zero-order valence-electron chi connectivity index (χ0n) is 14.8. The zero-order chi connectivity index (χ0) is 19.7. The number of rotatable bonds is 3. The van der Waals surface area contributed by atoms with Gasteiger partial charge in [-0.1, -0.05) is 11.6 Å². The van der Waals surface area contributed by atoms with Gasteiger partial charge in [0.05, 0.1) is 5.52 Å². The van der Waals surface area contributed by atoms with Crippen molar-refractivity contribution in [3.63, 3.8) is 0 Å². The van der Waals surface area contributed by atoms with E-state index in [1.54, 1.807) is 6.07 Å². The van der Waals surface area contributed by atoms with E-state index in [-0.39, 0.29) is 11.6 Å². The second-order valence-electron chi connectivity index (χ2n) is 6.72. The lowest BCUT2D eigenvalue weighted by Gasteiger charge is -2.33. The van der Waals surface area contributed by atoms with Crippen LogP contribution in [0.15, 0.2) is 42.7 Å². The Labute approximate surface area is 165 Å². The molecule has 1 N–H and O–H groups in total. The summed E-state index contributed by atoms with van der Waals surface area (Å²) in [5, 5.41) is 4.44. The Morgan fingerprint density at radius 2 is 1.86 bits per heavy atom. The molecule has 2 aromatic carbocycles. The summed E-state index contributed by atoms with van der Waals surface area (Å²) >= 11 is 6.03. The summed E-state index contributed by atoms with van der Waals surface area (Å²) in [4.78, 5) is 23.1. The fourth-order valence-electron chi connectivity index (χ4n) is 3.41. The van der Waals surface area contributed by atoms with E-state index in [2.05, 4.69) is 20.2 Å². The molecule has 1 aliphatic rings. The number of benzene rings is 2. The van der Waals surface area contributed by atoms with Gasteiger partial charge in [-0.3, -0.25) is 4.79 Å². The molecule has 1 aromatic heterocycles. The molecule has 1 aliphatic heterocycles. The molecular formula is C20H17ClF2N4O. The highest BCUT2D eigenvalue weighted by Crippen LogP contribution is 2.27. The third kappa shape index (κ3) is 3.75. The number of fused-ring (bicyclic) bond motifs is 1. The summed E-state index contributed by atoms with van der Waals surface area (Å²) in [7, 11) is 0. The molecular weight excluding hydrogens is 386 g/mol. The number of amides is 1. The predicted molar refractivity (Wildman–Crippen MR) is 104 cm³/mol. The van der Waals surface area contributed by atoms with Crippen LogP contribution in [0.3, 0.4) is 0 Å². The molecule has 5 nitrogen and oxygen atoms in total. The van der Waals surface area contributed by atoms with E-state index in [9.17, 15) is 13.6 Å². The lowest BCUT2D eigenvalue weighted by molar-refractivity contribution is 0.0930. The van der Waals surface area contributed by atoms with Gasteiger partial charge in [-0.25, -0.2) is 18.7 Å². The minimum Gasteiger partial charge on any atom is -0.356 e. The van der Waals surface area contributed by atoms with Gasteiger partial charge in [0.2, 0.25) is 0 Å². The Balaban J connectivity index is 1.42. The maximum Gasteiger partial charge on any atom is 0.251 e. The first kappa shape index (κ1) is 18.6. The molecule has 1 amide bonds. The van der Waals surface area contributed by atoms with Gasteiger partial charge in [0.1, 0.15) is 12.1 Å². The summed E-state index contributed by atoms with van der Waals surface area (Å²) in [6.45, 7) is 1.41. The number of carbonyl (C=O) groups is 1. The van der Waals surface area contributed by atoms with E-state index in [0.717, 1.165) is 28.9 Å². The highest BCUT2D eigenvalue weighted by molar-refractivity contribution is 6.31. The normalized spacial score (nSPS) is 15.0. The van der Waals surface area contributed by atoms with Crippen LogP contribution in [-0.2, 0) is 0 Å². The van der Waals surface area contributed by atoms with Crippen LogP contribution in [0.1, 0.15) is 23.2 Å². The van der Waals surface area contributed by atoms with Crippen LogP contribution in [0.4, 0.5) is 14.6 Å². The molecule has 28 heavy (non-hydrogen) atoms. The van der Waals surface area contributed by atoms with Crippen molar-refractivity contribution >= 4 is 34.2 Å². The van der Waals surface area contributed by atoms with E-state index in [4.69, 9.17) is 11.6 Å². The molecule has 2 heterocycles. The maximum atomic E-state index is 13.3. The van der Waals surface area contributed by atoms with Crippen molar-refractivity contribution in [1.29, 1.82) is 0 Å². The zero-order valence-corrected chi connectivity index (χ0v) is 15.6. The molecule has 0 aliphatic carbocycles. The van der Waals surface area contributed by atoms with Crippen molar-refractivity contribution in [1.82, 2.24) is 15.3 Å². The van der Waals surface area contributed by atoms with Crippen LogP contribution in [0.25, 0.3) is 10.9 Å². The predicted octanol–water partition coefficient (Wildman–Crippen LogP) is 3.96. The Morgan fingerprint density at radius 1 is 1.07 bits per heavy atom.